The fourth-order valence-electron chi connectivity index (χ4n) is 3.54. The molecule has 0 bridgehead atoms. The van der Waals surface area contributed by atoms with Crippen LogP contribution in [0.3, 0.4) is 0 Å². The van der Waals surface area contributed by atoms with Crippen molar-refractivity contribution in [1.82, 2.24) is 10.3 Å². The topological polar surface area (TPSA) is 68.3 Å². The highest BCUT2D eigenvalue weighted by atomic mass is 19.1. The van der Waals surface area contributed by atoms with Crippen LogP contribution in [0.1, 0.15) is 72.6 Å². The Labute approximate surface area is 177 Å². The van der Waals surface area contributed by atoms with E-state index in [2.05, 4.69) is 10.3 Å². The molecule has 0 radical (unpaired) electrons. The predicted molar refractivity (Wildman–Crippen MR) is 113 cm³/mol. The van der Waals surface area contributed by atoms with Crippen LogP contribution in [0.4, 0.5) is 4.39 Å². The molecule has 30 heavy (non-hydrogen) atoms. The van der Waals surface area contributed by atoms with Crippen molar-refractivity contribution in [3.8, 4) is 0 Å². The lowest BCUT2D eigenvalue weighted by molar-refractivity contribution is -0.148. The van der Waals surface area contributed by atoms with Gasteiger partial charge in [-0.1, -0.05) is 31.5 Å². The molecule has 0 spiro atoms. The molecule has 160 valence electrons. The van der Waals surface area contributed by atoms with Crippen LogP contribution in [0.15, 0.2) is 36.5 Å². The Bertz CT molecular complexity index is 879. The number of nitrogens with one attached hydrogen (secondary N) is 1. The van der Waals surface area contributed by atoms with Crippen LogP contribution in [-0.2, 0) is 16.0 Å². The minimum Gasteiger partial charge on any atom is -0.466 e. The summed E-state index contributed by atoms with van der Waals surface area (Å²) in [6.45, 7) is 4.30. The molecule has 1 aliphatic rings. The zero-order valence-electron chi connectivity index (χ0n) is 17.6. The molecule has 6 heteroatoms. The summed E-state index contributed by atoms with van der Waals surface area (Å²) in [5, 5.41) is 2.86. The van der Waals surface area contributed by atoms with Gasteiger partial charge < -0.3 is 10.1 Å². The van der Waals surface area contributed by atoms with E-state index in [1.54, 1.807) is 25.3 Å². The lowest BCUT2D eigenvalue weighted by Crippen LogP contribution is -2.34. The summed E-state index contributed by atoms with van der Waals surface area (Å²) >= 11 is 0. The largest absolute Gasteiger partial charge is 0.466 e. The summed E-state index contributed by atoms with van der Waals surface area (Å²) < 4.78 is 18.4. The van der Waals surface area contributed by atoms with Gasteiger partial charge in [-0.05, 0) is 67.3 Å². The van der Waals surface area contributed by atoms with Gasteiger partial charge in [0.2, 0.25) is 0 Å². The molecule has 1 saturated carbocycles. The minimum atomic E-state index is -0.370. The highest BCUT2D eigenvalue weighted by molar-refractivity contribution is 5.94. The van der Waals surface area contributed by atoms with Crippen LogP contribution in [0.25, 0.3) is 0 Å². The van der Waals surface area contributed by atoms with Gasteiger partial charge in [0.1, 0.15) is 11.5 Å². The summed E-state index contributed by atoms with van der Waals surface area (Å²) in [5.41, 5.74) is 3.21. The van der Waals surface area contributed by atoms with E-state index in [0.717, 1.165) is 36.0 Å². The van der Waals surface area contributed by atoms with Crippen molar-refractivity contribution in [1.29, 1.82) is 0 Å². The lowest BCUT2D eigenvalue weighted by atomic mass is 9.99. The van der Waals surface area contributed by atoms with Crippen LogP contribution in [0.2, 0.25) is 0 Å². The summed E-state index contributed by atoms with van der Waals surface area (Å²) in [6, 6.07) is 8.32. The number of ether oxygens (including phenoxy) is 1. The molecule has 1 aliphatic carbocycles. The fraction of sp³-hybridized carbons (Fsp3) is 0.458. The molecule has 1 fully saturated rings. The normalized spacial score (nSPS) is 14.2. The molecular weight excluding hydrogens is 383 g/mol. The van der Waals surface area contributed by atoms with Crippen LogP contribution < -0.4 is 5.32 Å². The van der Waals surface area contributed by atoms with Crippen molar-refractivity contribution in [3.05, 3.63) is 64.7 Å². The second-order valence-electron chi connectivity index (χ2n) is 7.80. The SMILES string of the molecule is CCC[C@@H](CNC(=O)c1ncc(C2CC2)cc1Cc1ccc(F)cc1)C(=O)OCC. The van der Waals surface area contributed by atoms with Crippen LogP contribution in [-0.4, -0.2) is 30.0 Å². The highest BCUT2D eigenvalue weighted by Gasteiger charge is 2.26. The Hall–Kier alpha value is -2.76. The average molecular weight is 413 g/mol. The smallest absolute Gasteiger partial charge is 0.310 e. The van der Waals surface area contributed by atoms with Crippen molar-refractivity contribution < 1.29 is 18.7 Å². The first-order valence-corrected chi connectivity index (χ1v) is 10.7. The van der Waals surface area contributed by atoms with Gasteiger partial charge in [0.15, 0.2) is 0 Å². The molecule has 3 rings (SSSR count). The van der Waals surface area contributed by atoms with E-state index in [1.165, 1.54) is 12.1 Å². The number of rotatable bonds is 10. The number of hydrogen-bond donors (Lipinski definition) is 1. The number of aromatic nitrogens is 1. The molecule has 1 aromatic carbocycles. The number of halogens is 1. The third kappa shape index (κ3) is 5.88. The first-order chi connectivity index (χ1) is 14.5. The van der Waals surface area contributed by atoms with E-state index in [-0.39, 0.29) is 30.2 Å². The Morgan fingerprint density at radius 3 is 2.60 bits per heavy atom. The maximum absolute atomic E-state index is 13.3. The fourth-order valence-corrected chi connectivity index (χ4v) is 3.54. The molecule has 2 aromatic rings. The molecule has 0 aliphatic heterocycles. The van der Waals surface area contributed by atoms with Gasteiger partial charge >= 0.3 is 5.97 Å². The van der Waals surface area contributed by atoms with E-state index in [1.807, 2.05) is 13.0 Å². The van der Waals surface area contributed by atoms with Crippen molar-refractivity contribution in [2.75, 3.05) is 13.2 Å². The molecule has 0 unspecified atom stereocenters. The van der Waals surface area contributed by atoms with Crippen LogP contribution >= 0.6 is 0 Å². The molecule has 1 heterocycles. The van der Waals surface area contributed by atoms with Gasteiger partial charge in [-0.25, -0.2) is 4.39 Å². The molecule has 0 saturated heterocycles. The van der Waals surface area contributed by atoms with Crippen molar-refractivity contribution in [2.24, 2.45) is 5.92 Å². The second-order valence-corrected chi connectivity index (χ2v) is 7.80. The van der Waals surface area contributed by atoms with Gasteiger partial charge in [-0.3, -0.25) is 14.6 Å². The maximum atomic E-state index is 13.3. The number of carbonyl (C=O) groups is 2. The van der Waals surface area contributed by atoms with Gasteiger partial charge in [0.25, 0.3) is 5.91 Å². The van der Waals surface area contributed by atoms with Crippen LogP contribution in [0, 0.1) is 11.7 Å². The first kappa shape index (κ1) is 21.9. The highest BCUT2D eigenvalue weighted by Crippen LogP contribution is 2.40. The second kappa shape index (κ2) is 10.3. The molecule has 1 N–H and O–H groups in total. The zero-order valence-corrected chi connectivity index (χ0v) is 17.6. The summed E-state index contributed by atoms with van der Waals surface area (Å²) in [6.07, 6.45) is 6.02. The number of benzene rings is 1. The summed E-state index contributed by atoms with van der Waals surface area (Å²) in [4.78, 5) is 29.5. The summed E-state index contributed by atoms with van der Waals surface area (Å²) in [7, 11) is 0. The van der Waals surface area contributed by atoms with E-state index in [9.17, 15) is 14.0 Å². The monoisotopic (exact) mass is 412 g/mol. The van der Waals surface area contributed by atoms with Crippen LogP contribution in [0.5, 0.6) is 0 Å². The number of amides is 1. The van der Waals surface area contributed by atoms with Gasteiger partial charge in [-0.15, -0.1) is 0 Å². The predicted octanol–water partition coefficient (Wildman–Crippen LogP) is 4.40. The Kier molecular flexibility index (Phi) is 7.55. The quantitative estimate of drug-likeness (QED) is 0.588. The van der Waals surface area contributed by atoms with Gasteiger partial charge in [-0.2, -0.15) is 0 Å². The molecule has 5 nitrogen and oxygen atoms in total. The lowest BCUT2D eigenvalue weighted by Gasteiger charge is -2.16. The number of hydrogen-bond acceptors (Lipinski definition) is 4. The van der Waals surface area contributed by atoms with E-state index in [0.29, 0.717) is 31.1 Å². The number of esters is 1. The Balaban J connectivity index is 1.76. The Morgan fingerprint density at radius 1 is 1.23 bits per heavy atom. The third-order valence-corrected chi connectivity index (χ3v) is 5.33. The van der Waals surface area contributed by atoms with Crippen molar-refractivity contribution >= 4 is 11.9 Å². The number of pyridine rings is 1. The van der Waals surface area contributed by atoms with Crippen molar-refractivity contribution in [3.63, 3.8) is 0 Å². The third-order valence-electron chi connectivity index (χ3n) is 5.33. The Morgan fingerprint density at radius 2 is 1.97 bits per heavy atom. The van der Waals surface area contributed by atoms with Gasteiger partial charge in [0.05, 0.1) is 12.5 Å². The number of nitrogens with zero attached hydrogens (tertiary/aromatic N) is 1. The minimum absolute atomic E-state index is 0.216. The average Bonchev–Trinajstić information content (AvgIpc) is 3.58. The summed E-state index contributed by atoms with van der Waals surface area (Å²) in [5.74, 6) is -0.741. The molecule has 1 atom stereocenters. The molecular formula is C24H29FN2O3. The zero-order chi connectivity index (χ0) is 21.5. The molecule has 1 amide bonds. The van der Waals surface area contributed by atoms with E-state index >= 15 is 0 Å². The standard InChI is InChI=1S/C24H29FN2O3/c1-3-5-18(24(29)30-4-2)14-27-23(28)22-19(12-16-6-10-21(25)11-7-16)13-20(15-26-22)17-8-9-17/h6-7,10-11,13,15,17-18H,3-5,8-9,12,14H2,1-2H3,(H,27,28)/t18-/m0/s1. The van der Waals surface area contributed by atoms with E-state index in [4.69, 9.17) is 4.74 Å². The molecule has 1 aromatic heterocycles. The number of carbonyl (C=O) groups excluding carboxylic acids is 2. The maximum Gasteiger partial charge on any atom is 0.310 e. The van der Waals surface area contributed by atoms with E-state index < -0.39 is 0 Å². The van der Waals surface area contributed by atoms with Gasteiger partial charge in [0, 0.05) is 12.7 Å². The van der Waals surface area contributed by atoms with Crippen molar-refractivity contribution in [2.45, 2.75) is 51.9 Å². The first-order valence-electron chi connectivity index (χ1n) is 10.7.